The molecule has 198 valence electrons. The van der Waals surface area contributed by atoms with E-state index in [0.29, 0.717) is 24.3 Å². The predicted octanol–water partition coefficient (Wildman–Crippen LogP) is 1.83. The number of piperazine rings is 1. The average molecular weight is 525 g/mol. The summed E-state index contributed by atoms with van der Waals surface area (Å²) in [6.45, 7) is 4.78. The highest BCUT2D eigenvalue weighted by Gasteiger charge is 2.31. The molecule has 2 N–H and O–H groups in total. The Balaban J connectivity index is 1.46. The van der Waals surface area contributed by atoms with Gasteiger partial charge in [0.2, 0.25) is 5.43 Å². The number of nitro groups is 1. The normalized spacial score (nSPS) is 17.1. The van der Waals surface area contributed by atoms with E-state index in [-0.39, 0.29) is 40.6 Å². The molecule has 1 atom stereocenters. The number of amides is 2. The number of hydrogen-bond acceptors (Lipinski definition) is 8. The van der Waals surface area contributed by atoms with E-state index in [0.717, 1.165) is 31.3 Å². The van der Waals surface area contributed by atoms with Crippen LogP contribution in [0.1, 0.15) is 33.7 Å². The number of nitrogens with zero attached hydrogens (tertiary/aromatic N) is 4. The van der Waals surface area contributed by atoms with Gasteiger partial charge in [-0.25, -0.2) is 4.39 Å². The van der Waals surface area contributed by atoms with Gasteiger partial charge in [-0.2, -0.15) is 0 Å². The Kier molecular flexibility index (Phi) is 6.45. The van der Waals surface area contributed by atoms with Gasteiger partial charge in [0.1, 0.15) is 17.9 Å². The summed E-state index contributed by atoms with van der Waals surface area (Å²) in [4.78, 5) is 52.9. The van der Waals surface area contributed by atoms with Crippen LogP contribution < -0.4 is 25.9 Å². The maximum absolute atomic E-state index is 15.5. The number of pyridine rings is 1. The van der Waals surface area contributed by atoms with Crippen LogP contribution in [-0.4, -0.2) is 66.0 Å². The molecule has 2 amide bonds. The molecule has 2 aliphatic rings. The van der Waals surface area contributed by atoms with E-state index in [4.69, 9.17) is 4.74 Å². The van der Waals surface area contributed by atoms with Crippen molar-refractivity contribution < 1.29 is 23.6 Å². The number of hydrogen-bond donors (Lipinski definition) is 2. The summed E-state index contributed by atoms with van der Waals surface area (Å²) >= 11 is 0. The second-order valence-corrected chi connectivity index (χ2v) is 9.37. The Morgan fingerprint density at radius 1 is 1.11 bits per heavy atom. The minimum Gasteiger partial charge on any atom is -0.487 e. The maximum Gasteiger partial charge on any atom is 0.275 e. The first kappa shape index (κ1) is 25.1. The van der Waals surface area contributed by atoms with Crippen LogP contribution in [0.3, 0.4) is 0 Å². The zero-order valence-corrected chi connectivity index (χ0v) is 20.7. The smallest absolute Gasteiger partial charge is 0.275 e. The third-order valence-electron chi connectivity index (χ3n) is 6.84. The van der Waals surface area contributed by atoms with E-state index >= 15 is 4.39 Å². The van der Waals surface area contributed by atoms with Crippen LogP contribution in [0.4, 0.5) is 15.8 Å². The van der Waals surface area contributed by atoms with Crippen molar-refractivity contribution in [3.8, 4) is 5.75 Å². The van der Waals surface area contributed by atoms with Crippen molar-refractivity contribution in [3.05, 3.63) is 73.8 Å². The minimum absolute atomic E-state index is 0.00345. The molecule has 2 aromatic carbocycles. The Morgan fingerprint density at radius 2 is 1.76 bits per heavy atom. The lowest BCUT2D eigenvalue weighted by atomic mass is 10.0. The second-order valence-electron chi connectivity index (χ2n) is 9.37. The van der Waals surface area contributed by atoms with Gasteiger partial charge in [0.15, 0.2) is 11.6 Å². The number of likely N-dealkylation sites (N-methyl/N-ethyl adjacent to an activating group) is 1. The SMILES string of the molecule is CC1COc2c(N3CCN(C)CC3)c(F)cc3c(=O)c(C(=O)NNC(=O)c4ccc([N+](=O)[O-])cc4)cn1c23. The maximum atomic E-state index is 15.5. The lowest BCUT2D eigenvalue weighted by Crippen LogP contribution is -2.45. The molecule has 1 fully saturated rings. The summed E-state index contributed by atoms with van der Waals surface area (Å²) in [5, 5.41) is 10.8. The van der Waals surface area contributed by atoms with Gasteiger partial charge in [0.05, 0.1) is 21.9 Å². The number of nitrogens with one attached hydrogen (secondary N) is 2. The molecular weight excluding hydrogens is 499 g/mol. The average Bonchev–Trinajstić information content (AvgIpc) is 2.90. The predicted molar refractivity (Wildman–Crippen MR) is 136 cm³/mol. The van der Waals surface area contributed by atoms with Gasteiger partial charge in [-0.1, -0.05) is 0 Å². The van der Waals surface area contributed by atoms with Gasteiger partial charge in [-0.05, 0) is 32.2 Å². The molecule has 3 heterocycles. The lowest BCUT2D eigenvalue weighted by Gasteiger charge is -2.37. The highest BCUT2D eigenvalue weighted by atomic mass is 19.1. The highest BCUT2D eigenvalue weighted by Crippen LogP contribution is 2.42. The molecule has 13 heteroatoms. The number of hydrazine groups is 1. The van der Waals surface area contributed by atoms with Crippen LogP contribution in [0.2, 0.25) is 0 Å². The van der Waals surface area contributed by atoms with Crippen molar-refractivity contribution in [2.24, 2.45) is 0 Å². The van der Waals surface area contributed by atoms with E-state index in [1.165, 1.54) is 18.3 Å². The summed E-state index contributed by atoms with van der Waals surface area (Å²) in [6.07, 6.45) is 1.39. The van der Waals surface area contributed by atoms with Crippen molar-refractivity contribution >= 4 is 34.1 Å². The van der Waals surface area contributed by atoms with Crippen molar-refractivity contribution in [3.63, 3.8) is 0 Å². The fraction of sp³-hybridized carbons (Fsp3) is 0.320. The van der Waals surface area contributed by atoms with Gasteiger partial charge < -0.3 is 19.1 Å². The van der Waals surface area contributed by atoms with Crippen LogP contribution in [0, 0.1) is 15.9 Å². The molecule has 1 unspecified atom stereocenters. The standard InChI is InChI=1S/C25H25FN6O6/c1-14-13-38-23-20-17(11-19(26)21(23)30-9-7-29(2)8-10-30)22(33)18(12-31(14)20)25(35)28-27-24(34)15-3-5-16(6-4-15)32(36)37/h3-6,11-12,14H,7-10,13H2,1-2H3,(H,27,34)(H,28,35). The van der Waals surface area contributed by atoms with Crippen molar-refractivity contribution in [1.29, 1.82) is 0 Å². The van der Waals surface area contributed by atoms with Crippen LogP contribution >= 0.6 is 0 Å². The summed E-state index contributed by atoms with van der Waals surface area (Å²) in [7, 11) is 1.99. The van der Waals surface area contributed by atoms with E-state index < -0.39 is 28.0 Å². The van der Waals surface area contributed by atoms with Gasteiger partial charge in [-0.15, -0.1) is 0 Å². The first-order valence-electron chi connectivity index (χ1n) is 12.0. The number of anilines is 1. The molecule has 2 aliphatic heterocycles. The number of rotatable bonds is 4. The number of non-ortho nitro benzene ring substituents is 1. The summed E-state index contributed by atoms with van der Waals surface area (Å²) in [5.41, 5.74) is 3.99. The molecule has 0 aliphatic carbocycles. The fourth-order valence-electron chi connectivity index (χ4n) is 4.69. The monoisotopic (exact) mass is 524 g/mol. The molecule has 5 rings (SSSR count). The summed E-state index contributed by atoms with van der Waals surface area (Å²) in [5.74, 6) is -1.96. The first-order chi connectivity index (χ1) is 18.2. The molecule has 12 nitrogen and oxygen atoms in total. The molecule has 3 aromatic rings. The molecule has 38 heavy (non-hydrogen) atoms. The van der Waals surface area contributed by atoms with Crippen LogP contribution in [0.15, 0.2) is 41.3 Å². The number of benzene rings is 2. The fourth-order valence-corrected chi connectivity index (χ4v) is 4.69. The Hall–Kier alpha value is -4.52. The van der Waals surface area contributed by atoms with E-state index in [1.807, 2.05) is 18.9 Å². The van der Waals surface area contributed by atoms with Crippen LogP contribution in [-0.2, 0) is 0 Å². The number of ether oxygens (including phenoxy) is 1. The Bertz CT molecular complexity index is 1510. The molecule has 1 saturated heterocycles. The van der Waals surface area contributed by atoms with E-state index in [2.05, 4.69) is 15.8 Å². The van der Waals surface area contributed by atoms with Gasteiger partial charge in [-0.3, -0.25) is 35.3 Å². The molecule has 0 bridgehead atoms. The zero-order valence-electron chi connectivity index (χ0n) is 20.7. The van der Waals surface area contributed by atoms with E-state index in [1.54, 1.807) is 4.57 Å². The number of carbonyl (C=O) groups excluding carboxylic acids is 2. The van der Waals surface area contributed by atoms with Crippen molar-refractivity contribution in [2.75, 3.05) is 44.7 Å². The molecule has 0 radical (unpaired) electrons. The van der Waals surface area contributed by atoms with Crippen molar-refractivity contribution in [1.82, 2.24) is 20.3 Å². The molecule has 1 aromatic heterocycles. The molecular formula is C25H25FN6O6. The highest BCUT2D eigenvalue weighted by molar-refractivity contribution is 6.02. The van der Waals surface area contributed by atoms with Crippen LogP contribution in [0.25, 0.3) is 10.9 Å². The molecule has 0 spiro atoms. The van der Waals surface area contributed by atoms with Crippen LogP contribution in [0.5, 0.6) is 5.75 Å². The second kappa shape index (κ2) is 9.74. The van der Waals surface area contributed by atoms with Crippen molar-refractivity contribution in [2.45, 2.75) is 13.0 Å². The Morgan fingerprint density at radius 3 is 2.42 bits per heavy atom. The first-order valence-corrected chi connectivity index (χ1v) is 12.0. The lowest BCUT2D eigenvalue weighted by molar-refractivity contribution is -0.384. The quantitative estimate of drug-likeness (QED) is 0.389. The minimum atomic E-state index is -0.889. The Labute approximate surface area is 215 Å². The third kappa shape index (κ3) is 4.41. The summed E-state index contributed by atoms with van der Waals surface area (Å²) < 4.78 is 23.1. The third-order valence-corrected chi connectivity index (χ3v) is 6.84. The summed E-state index contributed by atoms with van der Waals surface area (Å²) in [6, 6.07) is 5.67. The van der Waals surface area contributed by atoms with Gasteiger partial charge in [0.25, 0.3) is 17.5 Å². The van der Waals surface area contributed by atoms with Gasteiger partial charge in [0, 0.05) is 50.1 Å². The van der Waals surface area contributed by atoms with E-state index in [9.17, 15) is 24.5 Å². The topological polar surface area (TPSA) is 139 Å². The number of nitro benzene ring substituents is 1. The zero-order chi connectivity index (χ0) is 27.1. The molecule has 0 saturated carbocycles. The number of halogens is 1. The van der Waals surface area contributed by atoms with Gasteiger partial charge >= 0.3 is 0 Å². The largest absolute Gasteiger partial charge is 0.487 e. The number of aromatic nitrogens is 1. The number of carbonyl (C=O) groups is 2.